The Morgan fingerprint density at radius 1 is 1.47 bits per heavy atom. The third kappa shape index (κ3) is 6.43. The molecule has 0 saturated carbocycles. The molecule has 2 N–H and O–H groups in total. The Morgan fingerprint density at radius 3 is 2.74 bits per heavy atom. The van der Waals surface area contributed by atoms with Gasteiger partial charge < -0.3 is 5.32 Å². The van der Waals surface area contributed by atoms with Crippen LogP contribution in [0.4, 0.5) is 0 Å². The molecule has 0 aromatic carbocycles. The highest BCUT2D eigenvalue weighted by Crippen LogP contribution is 2.29. The number of alkyl halides is 3. The van der Waals surface area contributed by atoms with Crippen LogP contribution in [0.15, 0.2) is 24.5 Å². The second-order valence-electron chi connectivity index (χ2n) is 4.03. The summed E-state index contributed by atoms with van der Waals surface area (Å²) < 4.78 is -1.62. The van der Waals surface area contributed by atoms with E-state index >= 15 is 0 Å². The molecule has 1 atom stereocenters. The van der Waals surface area contributed by atoms with Crippen LogP contribution in [-0.2, 0) is 11.3 Å². The van der Waals surface area contributed by atoms with E-state index in [0.29, 0.717) is 13.0 Å². The zero-order valence-corrected chi connectivity index (χ0v) is 12.8. The molecule has 1 heterocycles. The second-order valence-corrected chi connectivity index (χ2v) is 6.40. The minimum atomic E-state index is -1.62. The molecule has 7 heteroatoms. The fourth-order valence-electron chi connectivity index (χ4n) is 1.43. The average molecular weight is 325 g/mol. The molecular formula is C12H16Cl3N3O. The third-order valence-electron chi connectivity index (χ3n) is 2.34. The summed E-state index contributed by atoms with van der Waals surface area (Å²) in [5, 5.41) is 5.66. The minimum absolute atomic E-state index is 0.155. The van der Waals surface area contributed by atoms with E-state index in [4.69, 9.17) is 34.8 Å². The zero-order chi connectivity index (χ0) is 14.3. The number of carbonyl (C=O) groups excluding carboxylic acids is 1. The number of halogens is 3. The maximum Gasteiger partial charge on any atom is 0.223 e. The zero-order valence-electron chi connectivity index (χ0n) is 10.5. The van der Waals surface area contributed by atoms with E-state index in [1.54, 1.807) is 12.4 Å². The van der Waals surface area contributed by atoms with E-state index in [-0.39, 0.29) is 5.91 Å². The monoisotopic (exact) mass is 323 g/mol. The predicted octanol–water partition coefficient (Wildman–Crippen LogP) is 2.78. The fraction of sp³-hybridized carbons (Fsp3) is 0.500. The van der Waals surface area contributed by atoms with Gasteiger partial charge in [0.25, 0.3) is 0 Å². The summed E-state index contributed by atoms with van der Waals surface area (Å²) in [6, 6.07) is 3.71. The first-order valence-electron chi connectivity index (χ1n) is 5.92. The van der Waals surface area contributed by atoms with E-state index in [0.717, 1.165) is 12.0 Å². The van der Waals surface area contributed by atoms with Gasteiger partial charge in [-0.05, 0) is 18.1 Å². The van der Waals surface area contributed by atoms with Crippen molar-refractivity contribution in [3.05, 3.63) is 30.1 Å². The SMILES string of the molecule is CCCC(=O)N[C@@H](NCc1cccnc1)C(Cl)(Cl)Cl. The van der Waals surface area contributed by atoms with Gasteiger partial charge >= 0.3 is 0 Å². The van der Waals surface area contributed by atoms with Crippen molar-refractivity contribution in [1.29, 1.82) is 0 Å². The lowest BCUT2D eigenvalue weighted by Gasteiger charge is -2.26. The molecular weight excluding hydrogens is 309 g/mol. The second kappa shape index (κ2) is 7.90. The van der Waals surface area contributed by atoms with Crippen LogP contribution in [0, 0.1) is 0 Å². The molecule has 1 rings (SSSR count). The molecule has 0 aliphatic rings. The molecule has 0 aliphatic heterocycles. The van der Waals surface area contributed by atoms with Gasteiger partial charge in [-0.15, -0.1) is 0 Å². The summed E-state index contributed by atoms with van der Waals surface area (Å²) in [6.45, 7) is 2.35. The van der Waals surface area contributed by atoms with Gasteiger partial charge in [-0.3, -0.25) is 15.1 Å². The van der Waals surface area contributed by atoms with Gasteiger partial charge in [0.1, 0.15) is 6.17 Å². The number of nitrogens with zero attached hydrogens (tertiary/aromatic N) is 1. The molecule has 0 fully saturated rings. The van der Waals surface area contributed by atoms with Crippen molar-refractivity contribution in [3.63, 3.8) is 0 Å². The molecule has 0 aliphatic carbocycles. The lowest BCUT2D eigenvalue weighted by molar-refractivity contribution is -0.122. The molecule has 0 unspecified atom stereocenters. The van der Waals surface area contributed by atoms with E-state index in [1.165, 1.54) is 0 Å². The summed E-state index contributed by atoms with van der Waals surface area (Å²) in [5.41, 5.74) is 0.937. The molecule has 106 valence electrons. The average Bonchev–Trinajstić information content (AvgIpc) is 2.34. The van der Waals surface area contributed by atoms with Crippen molar-refractivity contribution < 1.29 is 4.79 Å². The summed E-state index contributed by atoms with van der Waals surface area (Å²) in [5.74, 6) is -0.155. The van der Waals surface area contributed by atoms with Crippen molar-refractivity contribution in [2.45, 2.75) is 36.3 Å². The van der Waals surface area contributed by atoms with Gasteiger partial charge in [-0.1, -0.05) is 47.8 Å². The van der Waals surface area contributed by atoms with Crippen molar-refractivity contribution in [2.24, 2.45) is 0 Å². The molecule has 1 amide bonds. The Kier molecular flexibility index (Phi) is 6.86. The van der Waals surface area contributed by atoms with Gasteiger partial charge in [-0.2, -0.15) is 0 Å². The first kappa shape index (κ1) is 16.5. The number of carbonyl (C=O) groups is 1. The topological polar surface area (TPSA) is 54.0 Å². The number of hydrogen-bond acceptors (Lipinski definition) is 3. The van der Waals surface area contributed by atoms with Crippen LogP contribution in [0.25, 0.3) is 0 Å². The van der Waals surface area contributed by atoms with Crippen LogP contribution >= 0.6 is 34.8 Å². The fourth-order valence-corrected chi connectivity index (χ4v) is 1.83. The van der Waals surface area contributed by atoms with Crippen LogP contribution in [0.2, 0.25) is 0 Å². The summed E-state index contributed by atoms with van der Waals surface area (Å²) in [6.07, 6.45) is 3.76. The summed E-state index contributed by atoms with van der Waals surface area (Å²) in [4.78, 5) is 15.6. The van der Waals surface area contributed by atoms with Gasteiger partial charge in [0.05, 0.1) is 0 Å². The predicted molar refractivity (Wildman–Crippen MR) is 78.2 cm³/mol. The Balaban J connectivity index is 2.58. The highest BCUT2D eigenvalue weighted by molar-refractivity contribution is 6.68. The van der Waals surface area contributed by atoms with E-state index in [2.05, 4.69) is 15.6 Å². The molecule has 19 heavy (non-hydrogen) atoms. The number of pyridine rings is 1. The first-order chi connectivity index (χ1) is 8.93. The first-order valence-corrected chi connectivity index (χ1v) is 7.05. The number of amides is 1. The summed E-state index contributed by atoms with van der Waals surface area (Å²) in [7, 11) is 0. The lowest BCUT2D eigenvalue weighted by atomic mass is 10.3. The maximum atomic E-state index is 11.6. The normalized spacial score (nSPS) is 13.1. The third-order valence-corrected chi connectivity index (χ3v) is 3.00. The standard InChI is InChI=1S/C12H16Cl3N3O/c1-2-4-10(19)18-11(12(13,14)15)17-8-9-5-3-6-16-7-9/h3,5-7,11,17H,2,4,8H2,1H3,(H,18,19)/t11-/m1/s1. The van der Waals surface area contributed by atoms with Crippen LogP contribution in [-0.4, -0.2) is 20.8 Å². The van der Waals surface area contributed by atoms with Crippen molar-refractivity contribution in [2.75, 3.05) is 0 Å². The quantitative estimate of drug-likeness (QED) is 0.625. The molecule has 0 spiro atoms. The Bertz CT molecular complexity index is 395. The molecule has 1 aromatic rings. The van der Waals surface area contributed by atoms with E-state index in [1.807, 2.05) is 19.1 Å². The van der Waals surface area contributed by atoms with Gasteiger partial charge in [0, 0.05) is 25.4 Å². The molecule has 1 aromatic heterocycles. The highest BCUT2D eigenvalue weighted by atomic mass is 35.6. The largest absolute Gasteiger partial charge is 0.337 e. The highest BCUT2D eigenvalue weighted by Gasteiger charge is 2.33. The Morgan fingerprint density at radius 2 is 2.21 bits per heavy atom. The van der Waals surface area contributed by atoms with Crippen LogP contribution in [0.5, 0.6) is 0 Å². The van der Waals surface area contributed by atoms with Gasteiger partial charge in [-0.25, -0.2) is 0 Å². The van der Waals surface area contributed by atoms with Gasteiger partial charge in [0.2, 0.25) is 9.70 Å². The number of nitrogens with one attached hydrogen (secondary N) is 2. The maximum absolute atomic E-state index is 11.6. The summed E-state index contributed by atoms with van der Waals surface area (Å²) >= 11 is 17.5. The Hall–Kier alpha value is -0.550. The van der Waals surface area contributed by atoms with Crippen LogP contribution in [0.3, 0.4) is 0 Å². The van der Waals surface area contributed by atoms with Crippen molar-refractivity contribution in [1.82, 2.24) is 15.6 Å². The molecule has 0 radical (unpaired) electrons. The smallest absolute Gasteiger partial charge is 0.223 e. The van der Waals surface area contributed by atoms with E-state index < -0.39 is 9.96 Å². The number of rotatable bonds is 6. The van der Waals surface area contributed by atoms with Crippen LogP contribution < -0.4 is 10.6 Å². The van der Waals surface area contributed by atoms with E-state index in [9.17, 15) is 4.79 Å². The van der Waals surface area contributed by atoms with Crippen LogP contribution in [0.1, 0.15) is 25.3 Å². The van der Waals surface area contributed by atoms with Gasteiger partial charge in [0.15, 0.2) is 0 Å². The molecule has 0 saturated heterocycles. The molecule has 4 nitrogen and oxygen atoms in total. The van der Waals surface area contributed by atoms with Crippen molar-refractivity contribution in [3.8, 4) is 0 Å². The number of aromatic nitrogens is 1. The lowest BCUT2D eigenvalue weighted by Crippen LogP contribution is -2.53. The van der Waals surface area contributed by atoms with Crippen molar-refractivity contribution >= 4 is 40.7 Å². The number of hydrogen-bond donors (Lipinski definition) is 2. The molecule has 0 bridgehead atoms. The minimum Gasteiger partial charge on any atom is -0.337 e. The Labute approximate surface area is 127 Å².